The molecule has 1 saturated heterocycles. The van der Waals surface area contributed by atoms with Gasteiger partial charge in [-0.15, -0.1) is 10.2 Å². The van der Waals surface area contributed by atoms with E-state index >= 15 is 0 Å². The molecule has 4 aromatic rings. The Morgan fingerprint density at radius 1 is 1.00 bits per heavy atom. The normalized spacial score (nSPS) is 19.7. The van der Waals surface area contributed by atoms with Gasteiger partial charge in [0.25, 0.3) is 11.5 Å². The van der Waals surface area contributed by atoms with Crippen LogP contribution in [0, 0.1) is 0 Å². The molecular formula is C27H26N8O9. The van der Waals surface area contributed by atoms with Crippen LogP contribution in [0.5, 0.6) is 0 Å². The highest BCUT2D eigenvalue weighted by Gasteiger charge is 2.52. The summed E-state index contributed by atoms with van der Waals surface area (Å²) in [5.41, 5.74) is 0.0679. The van der Waals surface area contributed by atoms with E-state index in [0.717, 1.165) is 24.8 Å². The van der Waals surface area contributed by atoms with E-state index in [-0.39, 0.29) is 29.7 Å². The molecule has 0 radical (unpaired) electrons. The summed E-state index contributed by atoms with van der Waals surface area (Å²) in [7, 11) is 0. The summed E-state index contributed by atoms with van der Waals surface area (Å²) in [5.74, 6) is -3.05. The van der Waals surface area contributed by atoms with E-state index < -0.39 is 53.9 Å². The van der Waals surface area contributed by atoms with E-state index in [0.29, 0.717) is 5.69 Å². The first-order valence-electron chi connectivity index (χ1n) is 13.2. The topological polar surface area (TPSA) is 218 Å². The van der Waals surface area contributed by atoms with Crippen LogP contribution in [0.2, 0.25) is 0 Å². The lowest BCUT2D eigenvalue weighted by Gasteiger charge is -2.24. The fourth-order valence-corrected chi connectivity index (χ4v) is 4.63. The van der Waals surface area contributed by atoms with Gasteiger partial charge in [0.15, 0.2) is 29.6 Å². The summed E-state index contributed by atoms with van der Waals surface area (Å²) in [6.45, 7) is 4.32. The molecule has 1 aromatic carbocycles. The maximum atomic E-state index is 13.0. The van der Waals surface area contributed by atoms with Crippen molar-refractivity contribution < 1.29 is 38.1 Å². The lowest BCUT2D eigenvalue weighted by Crippen LogP contribution is -2.40. The summed E-state index contributed by atoms with van der Waals surface area (Å²) in [6.07, 6.45) is -3.44. The van der Waals surface area contributed by atoms with Gasteiger partial charge in [-0.3, -0.25) is 43.8 Å². The molecule has 1 aliphatic heterocycles. The van der Waals surface area contributed by atoms with Crippen molar-refractivity contribution in [3.05, 3.63) is 46.9 Å². The highest BCUT2D eigenvalue weighted by atomic mass is 16.7. The highest BCUT2D eigenvalue weighted by Crippen LogP contribution is 2.39. The average Bonchev–Trinajstić information content (AvgIpc) is 3.47. The predicted molar refractivity (Wildman–Crippen MR) is 150 cm³/mol. The molecule has 228 valence electrons. The first-order chi connectivity index (χ1) is 21.0. The standard InChI is InChI=1S/C27H26N8O9/c1-12(36)29-26-31-23-20(24(40)32-26)30-27(34-33-17-7-8-18-16(10-17)6-5-9-28-18)35(23)25-22(43-15(4)39)21(42-14(3)38)19(44-25)11-41-13(2)37/h5-10,19,21-22,25H,11H2,1-4H3,(H2,29,31,32,36,40)/t19-,21+,22?,25-/m1/s1. The largest absolute Gasteiger partial charge is 0.463 e. The molecule has 4 atom stereocenters. The van der Waals surface area contributed by atoms with E-state index in [2.05, 4.69) is 35.5 Å². The Morgan fingerprint density at radius 2 is 1.75 bits per heavy atom. The molecule has 2 N–H and O–H groups in total. The van der Waals surface area contributed by atoms with Gasteiger partial charge in [0.1, 0.15) is 12.7 Å². The number of hydrogen-bond donors (Lipinski definition) is 2. The number of benzene rings is 1. The number of H-pyrrole nitrogens is 1. The third kappa shape index (κ3) is 6.41. The summed E-state index contributed by atoms with van der Waals surface area (Å²) >= 11 is 0. The van der Waals surface area contributed by atoms with Crippen molar-refractivity contribution in [3.63, 3.8) is 0 Å². The molecule has 0 bridgehead atoms. The van der Waals surface area contributed by atoms with Crippen molar-refractivity contribution in [1.82, 2.24) is 24.5 Å². The number of aromatic amines is 1. The molecule has 0 saturated carbocycles. The van der Waals surface area contributed by atoms with Crippen LogP contribution in [0.25, 0.3) is 22.1 Å². The summed E-state index contributed by atoms with van der Waals surface area (Å²) in [6, 6.07) is 8.77. The molecule has 4 heterocycles. The Labute approximate surface area is 247 Å². The van der Waals surface area contributed by atoms with Gasteiger partial charge in [-0.05, 0) is 24.3 Å². The Balaban J connectivity index is 1.68. The number of fused-ring (bicyclic) bond motifs is 2. The molecule has 1 aliphatic rings. The summed E-state index contributed by atoms with van der Waals surface area (Å²) in [4.78, 5) is 76.0. The molecule has 44 heavy (non-hydrogen) atoms. The number of imidazole rings is 1. The van der Waals surface area contributed by atoms with E-state index in [1.807, 2.05) is 6.07 Å². The number of aromatic nitrogens is 5. The predicted octanol–water partition coefficient (Wildman–Crippen LogP) is 2.37. The first kappa shape index (κ1) is 29.9. The smallest absolute Gasteiger partial charge is 0.303 e. The summed E-state index contributed by atoms with van der Waals surface area (Å²) in [5, 5.41) is 11.7. The number of carbonyl (C=O) groups is 4. The van der Waals surface area contributed by atoms with Gasteiger partial charge in [0.05, 0.1) is 11.2 Å². The van der Waals surface area contributed by atoms with Crippen LogP contribution in [0.3, 0.4) is 0 Å². The fourth-order valence-electron chi connectivity index (χ4n) is 4.63. The molecule has 0 aliphatic carbocycles. The molecule has 5 rings (SSSR count). The van der Waals surface area contributed by atoms with Crippen molar-refractivity contribution in [2.75, 3.05) is 11.9 Å². The van der Waals surface area contributed by atoms with Crippen molar-refractivity contribution in [2.45, 2.75) is 52.2 Å². The first-order valence-corrected chi connectivity index (χ1v) is 13.2. The minimum absolute atomic E-state index is 0.133. The molecular weight excluding hydrogens is 580 g/mol. The molecule has 1 amide bonds. The van der Waals surface area contributed by atoms with Crippen LogP contribution >= 0.6 is 0 Å². The molecule has 0 spiro atoms. The minimum atomic E-state index is -1.37. The number of carbonyl (C=O) groups excluding carboxylic acids is 4. The molecule has 1 fully saturated rings. The van der Waals surface area contributed by atoms with Gasteiger partial charge < -0.3 is 18.9 Å². The second-order valence-electron chi connectivity index (χ2n) is 9.65. The number of azo groups is 1. The van der Waals surface area contributed by atoms with Gasteiger partial charge >= 0.3 is 17.9 Å². The number of amides is 1. The maximum Gasteiger partial charge on any atom is 0.303 e. The Hall–Kier alpha value is -5.58. The molecule has 1 unspecified atom stereocenters. The summed E-state index contributed by atoms with van der Waals surface area (Å²) < 4.78 is 23.5. The number of ether oxygens (including phenoxy) is 4. The van der Waals surface area contributed by atoms with Gasteiger partial charge in [0.2, 0.25) is 11.9 Å². The SMILES string of the molecule is CC(=O)Nc1nc2c(nc(N=Nc3ccc4ncccc4c3)n2[C@@H]2O[C@H](COC(C)=O)[C@H](OC(C)=O)C2OC(C)=O)c(=O)[nH]1. The lowest BCUT2D eigenvalue weighted by atomic mass is 10.1. The fraction of sp³-hybridized carbons (Fsp3) is 0.333. The molecule has 3 aromatic heterocycles. The van der Waals surface area contributed by atoms with E-state index in [1.165, 1.54) is 18.4 Å². The zero-order chi connectivity index (χ0) is 31.5. The monoisotopic (exact) mass is 606 g/mol. The number of esters is 3. The van der Waals surface area contributed by atoms with Crippen LogP contribution in [-0.2, 0) is 38.1 Å². The zero-order valence-corrected chi connectivity index (χ0v) is 23.8. The van der Waals surface area contributed by atoms with Gasteiger partial charge in [-0.25, -0.2) is 4.98 Å². The molecule has 17 heteroatoms. The lowest BCUT2D eigenvalue weighted by molar-refractivity contribution is -0.166. The van der Waals surface area contributed by atoms with Crippen molar-refractivity contribution in [3.8, 4) is 0 Å². The van der Waals surface area contributed by atoms with Gasteiger partial charge in [-0.2, -0.15) is 4.98 Å². The number of hydrogen-bond acceptors (Lipinski definition) is 14. The van der Waals surface area contributed by atoms with E-state index in [1.54, 1.807) is 30.5 Å². The number of rotatable bonds is 8. The Kier molecular flexibility index (Phi) is 8.38. The third-order valence-corrected chi connectivity index (χ3v) is 6.26. The average molecular weight is 607 g/mol. The third-order valence-electron chi connectivity index (χ3n) is 6.26. The van der Waals surface area contributed by atoms with Crippen LogP contribution in [0.4, 0.5) is 17.6 Å². The van der Waals surface area contributed by atoms with Crippen molar-refractivity contribution in [2.24, 2.45) is 10.2 Å². The minimum Gasteiger partial charge on any atom is -0.463 e. The Bertz CT molecular complexity index is 1870. The van der Waals surface area contributed by atoms with Gasteiger partial charge in [0, 0.05) is 39.3 Å². The number of nitrogens with one attached hydrogen (secondary N) is 2. The van der Waals surface area contributed by atoms with Crippen molar-refractivity contribution >= 4 is 63.5 Å². The van der Waals surface area contributed by atoms with E-state index in [9.17, 15) is 24.0 Å². The van der Waals surface area contributed by atoms with E-state index in [4.69, 9.17) is 18.9 Å². The molecule has 17 nitrogen and oxygen atoms in total. The van der Waals surface area contributed by atoms with Crippen LogP contribution < -0.4 is 10.9 Å². The van der Waals surface area contributed by atoms with Crippen LogP contribution in [0.1, 0.15) is 33.9 Å². The van der Waals surface area contributed by atoms with Crippen LogP contribution in [-0.4, -0.2) is 73.2 Å². The van der Waals surface area contributed by atoms with Gasteiger partial charge in [-0.1, -0.05) is 6.07 Å². The highest BCUT2D eigenvalue weighted by molar-refractivity contribution is 5.87. The Morgan fingerprint density at radius 3 is 2.45 bits per heavy atom. The zero-order valence-electron chi connectivity index (χ0n) is 23.8. The quantitative estimate of drug-likeness (QED) is 0.168. The second-order valence-corrected chi connectivity index (χ2v) is 9.65. The second kappa shape index (κ2) is 12.3. The number of anilines is 1. The number of nitrogens with zero attached hydrogens (tertiary/aromatic N) is 6. The van der Waals surface area contributed by atoms with Crippen LogP contribution in [0.15, 0.2) is 51.6 Å². The van der Waals surface area contributed by atoms with Crippen molar-refractivity contribution in [1.29, 1.82) is 0 Å². The number of pyridine rings is 1. The maximum absolute atomic E-state index is 13.0.